The second-order valence-electron chi connectivity index (χ2n) is 6.33. The van der Waals surface area contributed by atoms with Crippen LogP contribution in [0.1, 0.15) is 15.9 Å². The van der Waals surface area contributed by atoms with Crippen LogP contribution in [0.3, 0.4) is 0 Å². The van der Waals surface area contributed by atoms with Gasteiger partial charge in [0.2, 0.25) is 0 Å². The molecule has 138 valence electrons. The summed E-state index contributed by atoms with van der Waals surface area (Å²) in [5, 5.41) is 3.72. The molecule has 28 heavy (non-hydrogen) atoms. The van der Waals surface area contributed by atoms with Crippen molar-refractivity contribution in [2.75, 3.05) is 7.11 Å². The summed E-state index contributed by atoms with van der Waals surface area (Å²) in [6, 6.07) is 22.9. The van der Waals surface area contributed by atoms with E-state index in [1.165, 1.54) is 0 Å². The highest BCUT2D eigenvalue weighted by atomic mass is 16.5. The van der Waals surface area contributed by atoms with Crippen molar-refractivity contribution in [3.8, 4) is 17.0 Å². The van der Waals surface area contributed by atoms with E-state index in [-0.39, 0.29) is 5.91 Å². The number of ether oxygens (including phenoxy) is 1. The Morgan fingerprint density at radius 3 is 2.54 bits per heavy atom. The van der Waals surface area contributed by atoms with Crippen molar-refractivity contribution in [3.63, 3.8) is 0 Å². The van der Waals surface area contributed by atoms with Crippen molar-refractivity contribution in [1.29, 1.82) is 0 Å². The quantitative estimate of drug-likeness (QED) is 0.572. The van der Waals surface area contributed by atoms with Crippen LogP contribution in [0.5, 0.6) is 5.75 Å². The van der Waals surface area contributed by atoms with Gasteiger partial charge in [0.05, 0.1) is 18.4 Å². The van der Waals surface area contributed by atoms with Gasteiger partial charge in [0, 0.05) is 23.7 Å². The minimum absolute atomic E-state index is 0.159. The van der Waals surface area contributed by atoms with Gasteiger partial charge in [-0.1, -0.05) is 42.5 Å². The molecule has 0 spiro atoms. The van der Waals surface area contributed by atoms with E-state index in [9.17, 15) is 4.79 Å². The number of methoxy groups -OCH3 is 1. The minimum Gasteiger partial charge on any atom is -0.497 e. The largest absolute Gasteiger partial charge is 0.497 e. The number of hydrogen-bond donors (Lipinski definition) is 1. The fourth-order valence-corrected chi connectivity index (χ4v) is 3.02. The SMILES string of the molecule is COc1ccc(CNC(=O)c2cc(-c3ccccc3)nc3ncccc23)cc1. The number of fused-ring (bicyclic) bond motifs is 1. The second-order valence-corrected chi connectivity index (χ2v) is 6.33. The first-order chi connectivity index (χ1) is 13.7. The summed E-state index contributed by atoms with van der Waals surface area (Å²) in [7, 11) is 1.63. The molecule has 0 aliphatic rings. The highest BCUT2D eigenvalue weighted by molar-refractivity contribution is 6.06. The number of aromatic nitrogens is 2. The summed E-state index contributed by atoms with van der Waals surface area (Å²) in [5.41, 5.74) is 3.78. The van der Waals surface area contributed by atoms with Crippen molar-refractivity contribution < 1.29 is 9.53 Å². The number of carbonyl (C=O) groups excluding carboxylic acids is 1. The first-order valence-electron chi connectivity index (χ1n) is 8.97. The van der Waals surface area contributed by atoms with Crippen molar-refractivity contribution >= 4 is 16.9 Å². The van der Waals surface area contributed by atoms with Crippen LogP contribution >= 0.6 is 0 Å². The molecule has 0 aliphatic carbocycles. The molecule has 0 saturated carbocycles. The summed E-state index contributed by atoms with van der Waals surface area (Å²) < 4.78 is 5.17. The molecule has 5 nitrogen and oxygen atoms in total. The number of nitrogens with one attached hydrogen (secondary N) is 1. The van der Waals surface area contributed by atoms with Crippen molar-refractivity contribution in [2.45, 2.75) is 6.54 Å². The lowest BCUT2D eigenvalue weighted by Gasteiger charge is -2.10. The highest BCUT2D eigenvalue weighted by Gasteiger charge is 2.14. The van der Waals surface area contributed by atoms with Gasteiger partial charge >= 0.3 is 0 Å². The monoisotopic (exact) mass is 369 g/mol. The molecule has 1 amide bonds. The van der Waals surface area contributed by atoms with Crippen LogP contribution in [0.25, 0.3) is 22.3 Å². The zero-order chi connectivity index (χ0) is 19.3. The standard InChI is InChI=1S/C23H19N3O2/c1-28-18-11-9-16(10-12-18)15-25-23(27)20-14-21(17-6-3-2-4-7-17)26-22-19(20)8-5-13-24-22/h2-14H,15H2,1H3,(H,25,27). The topological polar surface area (TPSA) is 64.1 Å². The van der Waals surface area contributed by atoms with Crippen LogP contribution in [0, 0.1) is 0 Å². The van der Waals surface area contributed by atoms with Gasteiger partial charge < -0.3 is 10.1 Å². The van der Waals surface area contributed by atoms with Crippen LogP contribution in [0.4, 0.5) is 0 Å². The van der Waals surface area contributed by atoms with Gasteiger partial charge in [-0.15, -0.1) is 0 Å². The minimum atomic E-state index is -0.159. The molecule has 4 rings (SSSR count). The maximum Gasteiger partial charge on any atom is 0.252 e. The van der Waals surface area contributed by atoms with E-state index in [1.54, 1.807) is 13.3 Å². The number of amides is 1. The molecular weight excluding hydrogens is 350 g/mol. The molecule has 0 bridgehead atoms. The lowest BCUT2D eigenvalue weighted by atomic mass is 10.1. The van der Waals surface area contributed by atoms with Gasteiger partial charge in [-0.25, -0.2) is 9.97 Å². The first-order valence-corrected chi connectivity index (χ1v) is 8.97. The molecule has 2 aromatic heterocycles. The normalized spacial score (nSPS) is 10.6. The van der Waals surface area contributed by atoms with E-state index in [0.717, 1.165) is 28.0 Å². The molecule has 0 saturated heterocycles. The molecular formula is C23H19N3O2. The average molecular weight is 369 g/mol. The predicted octanol–water partition coefficient (Wildman–Crippen LogP) is 4.24. The Hall–Kier alpha value is -3.73. The summed E-state index contributed by atoms with van der Waals surface area (Å²) in [6.07, 6.45) is 1.68. The molecule has 0 atom stereocenters. The molecule has 1 N–H and O–H groups in total. The third-order valence-electron chi connectivity index (χ3n) is 4.51. The van der Waals surface area contributed by atoms with Gasteiger partial charge in [-0.2, -0.15) is 0 Å². The average Bonchev–Trinajstić information content (AvgIpc) is 2.77. The Labute approximate surface area is 163 Å². The van der Waals surface area contributed by atoms with Crippen LogP contribution in [-0.2, 0) is 6.54 Å². The number of benzene rings is 2. The molecule has 4 aromatic rings. The Kier molecular flexibility index (Phi) is 4.97. The van der Waals surface area contributed by atoms with Gasteiger partial charge in [0.1, 0.15) is 5.75 Å². The van der Waals surface area contributed by atoms with Crippen LogP contribution < -0.4 is 10.1 Å². The third-order valence-corrected chi connectivity index (χ3v) is 4.51. The molecule has 0 unspecified atom stereocenters. The van der Waals surface area contributed by atoms with E-state index in [2.05, 4.69) is 15.3 Å². The number of rotatable bonds is 5. The zero-order valence-corrected chi connectivity index (χ0v) is 15.4. The van der Waals surface area contributed by atoms with Gasteiger partial charge in [0.25, 0.3) is 5.91 Å². The number of carbonyl (C=O) groups is 1. The summed E-state index contributed by atoms with van der Waals surface area (Å²) in [5.74, 6) is 0.627. The molecule has 0 aliphatic heterocycles. The second kappa shape index (κ2) is 7.88. The Balaban J connectivity index is 1.65. The lowest BCUT2D eigenvalue weighted by molar-refractivity contribution is 0.0952. The summed E-state index contributed by atoms with van der Waals surface area (Å²) >= 11 is 0. The van der Waals surface area contributed by atoms with Crippen molar-refractivity contribution in [2.24, 2.45) is 0 Å². The molecule has 2 aromatic carbocycles. The van der Waals surface area contributed by atoms with Gasteiger partial charge in [0.15, 0.2) is 5.65 Å². The zero-order valence-electron chi connectivity index (χ0n) is 15.4. The molecule has 0 fully saturated rings. The fraction of sp³-hybridized carbons (Fsp3) is 0.0870. The van der Waals surface area contributed by atoms with Crippen LogP contribution in [-0.4, -0.2) is 23.0 Å². The van der Waals surface area contributed by atoms with E-state index in [4.69, 9.17) is 4.74 Å². The van der Waals surface area contributed by atoms with Crippen molar-refractivity contribution in [3.05, 3.63) is 90.1 Å². The van der Waals surface area contributed by atoms with E-state index in [1.807, 2.05) is 72.8 Å². The predicted molar refractivity (Wildman–Crippen MR) is 109 cm³/mol. The Morgan fingerprint density at radius 2 is 1.79 bits per heavy atom. The van der Waals surface area contributed by atoms with E-state index < -0.39 is 0 Å². The van der Waals surface area contributed by atoms with Crippen LogP contribution in [0.15, 0.2) is 79.0 Å². The smallest absolute Gasteiger partial charge is 0.252 e. The van der Waals surface area contributed by atoms with E-state index >= 15 is 0 Å². The molecule has 2 heterocycles. The number of pyridine rings is 2. The summed E-state index contributed by atoms with van der Waals surface area (Å²) in [4.78, 5) is 21.9. The Bertz CT molecular complexity index is 1110. The van der Waals surface area contributed by atoms with E-state index in [0.29, 0.717) is 17.8 Å². The van der Waals surface area contributed by atoms with Crippen molar-refractivity contribution in [1.82, 2.24) is 15.3 Å². The van der Waals surface area contributed by atoms with Gasteiger partial charge in [-0.05, 0) is 35.9 Å². The Morgan fingerprint density at radius 1 is 1.00 bits per heavy atom. The van der Waals surface area contributed by atoms with Crippen LogP contribution in [0.2, 0.25) is 0 Å². The van der Waals surface area contributed by atoms with Gasteiger partial charge in [-0.3, -0.25) is 4.79 Å². The third kappa shape index (κ3) is 3.69. The number of nitrogens with zero attached hydrogens (tertiary/aromatic N) is 2. The maximum atomic E-state index is 12.9. The highest BCUT2D eigenvalue weighted by Crippen LogP contribution is 2.23. The first kappa shape index (κ1) is 17.7. The maximum absolute atomic E-state index is 12.9. The lowest BCUT2D eigenvalue weighted by Crippen LogP contribution is -2.23. The number of hydrogen-bond acceptors (Lipinski definition) is 4. The molecule has 5 heteroatoms. The fourth-order valence-electron chi connectivity index (χ4n) is 3.02. The molecule has 0 radical (unpaired) electrons. The summed E-state index contributed by atoms with van der Waals surface area (Å²) in [6.45, 7) is 0.424.